The Balaban J connectivity index is 1.79. The maximum absolute atomic E-state index is 13.3. The molecule has 8 nitrogen and oxygen atoms in total. The van der Waals surface area contributed by atoms with Crippen molar-refractivity contribution in [3.05, 3.63) is 81.3 Å². The van der Waals surface area contributed by atoms with Gasteiger partial charge in [0.15, 0.2) is 5.65 Å². The van der Waals surface area contributed by atoms with E-state index in [1.807, 2.05) is 44.2 Å². The van der Waals surface area contributed by atoms with E-state index < -0.39 is 0 Å². The number of ether oxygens (including phenoxy) is 1. The van der Waals surface area contributed by atoms with Gasteiger partial charge in [-0.25, -0.2) is 4.98 Å². The van der Waals surface area contributed by atoms with E-state index in [0.29, 0.717) is 22.9 Å². The van der Waals surface area contributed by atoms with E-state index in [1.165, 1.54) is 10.6 Å². The molecule has 1 amide bonds. The number of anilines is 3. The fraction of sp³-hybridized carbons (Fsp3) is 0.174. The van der Waals surface area contributed by atoms with Gasteiger partial charge in [-0.2, -0.15) is 4.52 Å². The molecule has 4 rings (SSSR count). The molecule has 3 N–H and O–H groups in total. The number of aromatic amines is 1. The number of hydrogen-bond donors (Lipinski definition) is 3. The molecule has 4 aromatic rings. The summed E-state index contributed by atoms with van der Waals surface area (Å²) < 4.78 is 6.45. The molecule has 0 fully saturated rings. The summed E-state index contributed by atoms with van der Waals surface area (Å²) >= 11 is 0. The molecule has 8 heteroatoms. The fourth-order valence-electron chi connectivity index (χ4n) is 3.42. The average molecular weight is 417 g/mol. The zero-order chi connectivity index (χ0) is 22.1. The fourth-order valence-corrected chi connectivity index (χ4v) is 3.42. The molecule has 0 saturated carbocycles. The van der Waals surface area contributed by atoms with Gasteiger partial charge in [-0.1, -0.05) is 17.7 Å². The Morgan fingerprint density at radius 1 is 1.06 bits per heavy atom. The number of benzene rings is 2. The van der Waals surface area contributed by atoms with Crippen LogP contribution in [0.15, 0.2) is 53.3 Å². The summed E-state index contributed by atoms with van der Waals surface area (Å²) in [6.45, 7) is 5.65. The molecule has 0 radical (unpaired) electrons. The number of nitrogens with zero attached hydrogens (tertiary/aromatic N) is 2. The van der Waals surface area contributed by atoms with Crippen LogP contribution in [0.2, 0.25) is 0 Å². The highest BCUT2D eigenvalue weighted by molar-refractivity contribution is 6.12. The predicted octanol–water partition coefficient (Wildman–Crippen LogP) is 3.95. The number of fused-ring (bicyclic) bond motifs is 1. The number of amides is 1. The van der Waals surface area contributed by atoms with Crippen LogP contribution in [-0.4, -0.2) is 27.6 Å². The van der Waals surface area contributed by atoms with Gasteiger partial charge in [0.25, 0.3) is 11.5 Å². The largest absolute Gasteiger partial charge is 0.497 e. The van der Waals surface area contributed by atoms with Gasteiger partial charge in [0, 0.05) is 23.1 Å². The van der Waals surface area contributed by atoms with Gasteiger partial charge in [-0.05, 0) is 56.7 Å². The van der Waals surface area contributed by atoms with Crippen LogP contribution < -0.4 is 20.9 Å². The van der Waals surface area contributed by atoms with Crippen molar-refractivity contribution in [3.63, 3.8) is 0 Å². The summed E-state index contributed by atoms with van der Waals surface area (Å²) in [5, 5.41) is 9.09. The van der Waals surface area contributed by atoms with Crippen LogP contribution in [-0.2, 0) is 0 Å². The van der Waals surface area contributed by atoms with Crippen molar-refractivity contribution in [1.29, 1.82) is 0 Å². The normalized spacial score (nSPS) is 10.8. The Labute approximate surface area is 178 Å². The Bertz CT molecular complexity index is 1340. The standard InChI is InChI=1S/C23H23N5O3/c1-13-5-10-18(14(2)11-13)26-23(30)20-21(25-16-6-8-17(31-4)9-7-16)27-28-19(29)12-15(3)24-22(20)28/h5-12,25,27H,1-4H3,(H,26,30). The minimum Gasteiger partial charge on any atom is -0.497 e. The summed E-state index contributed by atoms with van der Waals surface area (Å²) in [6, 6.07) is 14.4. The van der Waals surface area contributed by atoms with Crippen molar-refractivity contribution < 1.29 is 9.53 Å². The predicted molar refractivity (Wildman–Crippen MR) is 121 cm³/mol. The van der Waals surface area contributed by atoms with Gasteiger partial charge < -0.3 is 15.4 Å². The number of H-pyrrole nitrogens is 1. The summed E-state index contributed by atoms with van der Waals surface area (Å²) in [5.41, 5.74) is 4.19. The summed E-state index contributed by atoms with van der Waals surface area (Å²) in [6.07, 6.45) is 0. The lowest BCUT2D eigenvalue weighted by atomic mass is 10.1. The zero-order valence-corrected chi connectivity index (χ0v) is 17.7. The van der Waals surface area contributed by atoms with E-state index in [1.54, 1.807) is 26.2 Å². The first-order valence-electron chi connectivity index (χ1n) is 9.78. The highest BCUT2D eigenvalue weighted by atomic mass is 16.5. The molecule has 0 bridgehead atoms. The molecule has 0 aliphatic heterocycles. The lowest BCUT2D eigenvalue weighted by Crippen LogP contribution is -2.17. The van der Waals surface area contributed by atoms with Gasteiger partial charge in [0.05, 0.1) is 7.11 Å². The molecule has 0 atom stereocenters. The molecule has 0 aliphatic rings. The number of nitrogens with one attached hydrogen (secondary N) is 3. The minimum absolute atomic E-state index is 0.247. The molecule has 0 spiro atoms. The lowest BCUT2D eigenvalue weighted by molar-refractivity contribution is 0.102. The van der Waals surface area contributed by atoms with Crippen molar-refractivity contribution in [2.45, 2.75) is 20.8 Å². The van der Waals surface area contributed by atoms with Gasteiger partial charge in [-0.15, -0.1) is 0 Å². The summed E-state index contributed by atoms with van der Waals surface area (Å²) in [5.74, 6) is 0.699. The first-order chi connectivity index (χ1) is 14.9. The van der Waals surface area contributed by atoms with Crippen molar-refractivity contribution in [2.75, 3.05) is 17.7 Å². The number of aromatic nitrogens is 3. The van der Waals surface area contributed by atoms with E-state index in [0.717, 1.165) is 16.8 Å². The van der Waals surface area contributed by atoms with Crippen LogP contribution in [0.1, 0.15) is 27.2 Å². The van der Waals surface area contributed by atoms with Crippen molar-refractivity contribution in [2.24, 2.45) is 0 Å². The zero-order valence-electron chi connectivity index (χ0n) is 17.7. The van der Waals surface area contributed by atoms with Crippen molar-refractivity contribution >= 4 is 28.7 Å². The second-order valence-electron chi connectivity index (χ2n) is 7.38. The SMILES string of the molecule is COc1ccc(Nc2[nH]n3c(=O)cc(C)nc3c2C(=O)Nc2ccc(C)cc2C)cc1. The van der Waals surface area contributed by atoms with Crippen LogP contribution >= 0.6 is 0 Å². The number of carbonyl (C=O) groups is 1. The third kappa shape index (κ3) is 4.00. The van der Waals surface area contributed by atoms with Crippen LogP contribution in [0.5, 0.6) is 5.75 Å². The summed E-state index contributed by atoms with van der Waals surface area (Å²) in [7, 11) is 1.59. The number of hydrogen-bond acceptors (Lipinski definition) is 5. The summed E-state index contributed by atoms with van der Waals surface area (Å²) in [4.78, 5) is 30.2. The van der Waals surface area contributed by atoms with E-state index in [4.69, 9.17) is 4.74 Å². The monoisotopic (exact) mass is 417 g/mol. The number of methoxy groups -OCH3 is 1. The molecule has 2 aromatic carbocycles. The molecule has 0 aliphatic carbocycles. The van der Waals surface area contributed by atoms with Crippen LogP contribution in [0.3, 0.4) is 0 Å². The quantitative estimate of drug-likeness (QED) is 0.456. The van der Waals surface area contributed by atoms with Crippen LogP contribution in [0, 0.1) is 20.8 Å². The van der Waals surface area contributed by atoms with Crippen LogP contribution in [0.4, 0.5) is 17.2 Å². The molecule has 2 heterocycles. The van der Waals surface area contributed by atoms with Crippen molar-refractivity contribution in [1.82, 2.24) is 14.6 Å². The van der Waals surface area contributed by atoms with E-state index >= 15 is 0 Å². The van der Waals surface area contributed by atoms with Crippen LogP contribution in [0.25, 0.3) is 5.65 Å². The maximum Gasteiger partial charge on any atom is 0.272 e. The highest BCUT2D eigenvalue weighted by Crippen LogP contribution is 2.26. The topological polar surface area (TPSA) is 101 Å². The second-order valence-corrected chi connectivity index (χ2v) is 7.38. The van der Waals surface area contributed by atoms with E-state index in [2.05, 4.69) is 20.7 Å². The maximum atomic E-state index is 13.3. The van der Waals surface area contributed by atoms with Gasteiger partial charge in [-0.3, -0.25) is 14.7 Å². The Morgan fingerprint density at radius 2 is 1.81 bits per heavy atom. The van der Waals surface area contributed by atoms with E-state index in [9.17, 15) is 9.59 Å². The molecule has 31 heavy (non-hydrogen) atoms. The molecule has 158 valence electrons. The van der Waals surface area contributed by atoms with E-state index in [-0.39, 0.29) is 22.7 Å². The number of rotatable bonds is 5. The minimum atomic E-state index is -0.376. The number of carbonyl (C=O) groups excluding carboxylic acids is 1. The third-order valence-corrected chi connectivity index (χ3v) is 4.96. The van der Waals surface area contributed by atoms with Gasteiger partial charge in [0.2, 0.25) is 0 Å². The van der Waals surface area contributed by atoms with Gasteiger partial charge >= 0.3 is 0 Å². The smallest absolute Gasteiger partial charge is 0.272 e. The first-order valence-corrected chi connectivity index (χ1v) is 9.78. The van der Waals surface area contributed by atoms with Crippen molar-refractivity contribution in [3.8, 4) is 5.75 Å². The molecule has 0 saturated heterocycles. The lowest BCUT2D eigenvalue weighted by Gasteiger charge is -2.11. The highest BCUT2D eigenvalue weighted by Gasteiger charge is 2.22. The Morgan fingerprint density at radius 3 is 2.48 bits per heavy atom. The second kappa shape index (κ2) is 7.98. The van der Waals surface area contributed by atoms with Gasteiger partial charge in [0.1, 0.15) is 17.1 Å². The number of aryl methyl sites for hydroxylation is 3. The molecule has 0 unspecified atom stereocenters. The molecular weight excluding hydrogens is 394 g/mol. The Hall–Kier alpha value is -4.07. The molecule has 2 aromatic heterocycles. The molecular formula is C23H23N5O3. The first kappa shape index (κ1) is 20.2. The Kier molecular flexibility index (Phi) is 5.21. The third-order valence-electron chi connectivity index (χ3n) is 4.96. The average Bonchev–Trinajstić information content (AvgIpc) is 3.09.